The molecule has 94 valence electrons. The first-order valence-electron chi connectivity index (χ1n) is 6.34. The Morgan fingerprint density at radius 1 is 1.29 bits per heavy atom. The average Bonchev–Trinajstić information content (AvgIpc) is 2.38. The second-order valence-corrected chi connectivity index (χ2v) is 5.39. The fraction of sp³-hybridized carbons (Fsp3) is 0.571. The second-order valence-electron chi connectivity index (χ2n) is 4.72. The van der Waals surface area contributed by atoms with E-state index in [1.165, 1.54) is 19.3 Å². The van der Waals surface area contributed by atoms with Crippen LogP contribution in [-0.4, -0.2) is 13.1 Å². The van der Waals surface area contributed by atoms with Gasteiger partial charge in [0.15, 0.2) is 0 Å². The molecule has 1 aromatic rings. The predicted molar refractivity (Wildman–Crippen MR) is 76.2 cm³/mol. The Morgan fingerprint density at radius 2 is 2.00 bits per heavy atom. The lowest BCUT2D eigenvalue weighted by atomic mass is 9.94. The number of alkyl halides is 1. The minimum Gasteiger partial charge on any atom is -0.370 e. The zero-order chi connectivity index (χ0) is 12.3. The van der Waals surface area contributed by atoms with Gasteiger partial charge in [-0.05, 0) is 30.4 Å². The van der Waals surface area contributed by atoms with Gasteiger partial charge in [-0.1, -0.05) is 37.1 Å². The largest absolute Gasteiger partial charge is 0.370 e. The van der Waals surface area contributed by atoms with Crippen LogP contribution in [-0.2, 0) is 5.88 Å². The number of para-hydroxylation sites is 1. The molecule has 0 aromatic heterocycles. The van der Waals surface area contributed by atoms with E-state index in [9.17, 15) is 0 Å². The van der Waals surface area contributed by atoms with Crippen LogP contribution in [0.15, 0.2) is 18.2 Å². The molecule has 17 heavy (non-hydrogen) atoms. The average molecular weight is 272 g/mol. The van der Waals surface area contributed by atoms with Crippen molar-refractivity contribution in [3.05, 3.63) is 28.8 Å². The molecule has 1 nitrogen and oxygen atoms in total. The minimum absolute atomic E-state index is 0.531. The van der Waals surface area contributed by atoms with Gasteiger partial charge in [-0.3, -0.25) is 0 Å². The molecule has 0 radical (unpaired) electrons. The number of rotatable bonds is 3. The van der Waals surface area contributed by atoms with Gasteiger partial charge >= 0.3 is 0 Å². The maximum Gasteiger partial charge on any atom is 0.0642 e. The fourth-order valence-electron chi connectivity index (χ4n) is 2.59. The highest BCUT2D eigenvalue weighted by Gasteiger charge is 2.21. The van der Waals surface area contributed by atoms with Crippen molar-refractivity contribution in [2.45, 2.75) is 32.1 Å². The molecule has 1 aromatic carbocycles. The van der Waals surface area contributed by atoms with E-state index in [4.69, 9.17) is 23.2 Å². The van der Waals surface area contributed by atoms with Crippen molar-refractivity contribution < 1.29 is 0 Å². The third-order valence-electron chi connectivity index (χ3n) is 3.72. The van der Waals surface area contributed by atoms with Crippen LogP contribution in [0.25, 0.3) is 0 Å². The summed E-state index contributed by atoms with van der Waals surface area (Å²) in [5.74, 6) is 1.41. The Hall–Kier alpha value is -0.400. The van der Waals surface area contributed by atoms with E-state index in [2.05, 4.69) is 17.9 Å². The molecule has 0 amide bonds. The van der Waals surface area contributed by atoms with E-state index in [-0.39, 0.29) is 0 Å². The first-order chi connectivity index (χ1) is 8.26. The Kier molecular flexibility index (Phi) is 4.58. The molecule has 2 rings (SSSR count). The lowest BCUT2D eigenvalue weighted by Gasteiger charge is -2.34. The molecular weight excluding hydrogens is 253 g/mol. The highest BCUT2D eigenvalue weighted by Crippen LogP contribution is 2.34. The molecule has 1 saturated heterocycles. The van der Waals surface area contributed by atoms with Crippen LogP contribution in [0.3, 0.4) is 0 Å². The molecule has 1 aliphatic heterocycles. The molecule has 3 heteroatoms. The maximum absolute atomic E-state index is 6.31. The van der Waals surface area contributed by atoms with E-state index >= 15 is 0 Å². The molecule has 1 aliphatic rings. The van der Waals surface area contributed by atoms with Gasteiger partial charge in [0, 0.05) is 19.0 Å². The van der Waals surface area contributed by atoms with Crippen LogP contribution in [0.5, 0.6) is 0 Å². The van der Waals surface area contributed by atoms with Crippen molar-refractivity contribution in [1.29, 1.82) is 0 Å². The van der Waals surface area contributed by atoms with Crippen molar-refractivity contribution in [3.8, 4) is 0 Å². The lowest BCUT2D eigenvalue weighted by Crippen LogP contribution is -2.34. The van der Waals surface area contributed by atoms with Crippen molar-refractivity contribution >= 4 is 28.9 Å². The number of nitrogens with zero attached hydrogens (tertiary/aromatic N) is 1. The summed E-state index contributed by atoms with van der Waals surface area (Å²) in [5, 5.41) is 0.832. The summed E-state index contributed by atoms with van der Waals surface area (Å²) >= 11 is 12.3. The first kappa shape index (κ1) is 13.0. The summed E-state index contributed by atoms with van der Waals surface area (Å²) < 4.78 is 0. The van der Waals surface area contributed by atoms with Crippen LogP contribution >= 0.6 is 23.2 Å². The summed E-state index contributed by atoms with van der Waals surface area (Å²) in [6, 6.07) is 6.00. The van der Waals surface area contributed by atoms with Crippen LogP contribution < -0.4 is 4.90 Å². The molecular formula is C14H19Cl2N. The normalized spacial score (nSPS) is 17.5. The molecule has 0 unspecified atom stereocenters. The molecule has 0 saturated carbocycles. The smallest absolute Gasteiger partial charge is 0.0642 e. The number of hydrogen-bond acceptors (Lipinski definition) is 1. The predicted octanol–water partition coefficient (Wildman–Crippen LogP) is 4.71. The fourth-order valence-corrected chi connectivity index (χ4v) is 3.12. The van der Waals surface area contributed by atoms with Crippen molar-refractivity contribution in [3.63, 3.8) is 0 Å². The first-order valence-corrected chi connectivity index (χ1v) is 7.25. The summed E-state index contributed by atoms with van der Waals surface area (Å²) in [6.45, 7) is 4.48. The summed E-state index contributed by atoms with van der Waals surface area (Å²) in [6.07, 6.45) is 3.83. The topological polar surface area (TPSA) is 3.24 Å². The monoisotopic (exact) mass is 271 g/mol. The van der Waals surface area contributed by atoms with Gasteiger partial charge in [0.05, 0.1) is 10.7 Å². The van der Waals surface area contributed by atoms with Gasteiger partial charge < -0.3 is 4.90 Å². The number of piperidine rings is 1. The Balaban J connectivity index is 2.17. The van der Waals surface area contributed by atoms with Gasteiger partial charge in [-0.2, -0.15) is 0 Å². The Labute approximate surface area is 114 Å². The number of halogens is 2. The van der Waals surface area contributed by atoms with Gasteiger partial charge in [0.2, 0.25) is 0 Å². The standard InChI is InChI=1S/C14H19Cl2N/c1-2-11-6-8-17(9-7-11)14-12(10-15)4-3-5-13(14)16/h3-5,11H,2,6-10H2,1H3. The van der Waals surface area contributed by atoms with Crippen LogP contribution in [0, 0.1) is 5.92 Å². The zero-order valence-electron chi connectivity index (χ0n) is 10.3. The van der Waals surface area contributed by atoms with Crippen LogP contribution in [0.1, 0.15) is 31.7 Å². The van der Waals surface area contributed by atoms with Crippen LogP contribution in [0.4, 0.5) is 5.69 Å². The van der Waals surface area contributed by atoms with E-state index in [1.54, 1.807) is 0 Å². The molecule has 0 spiro atoms. The number of hydrogen-bond donors (Lipinski definition) is 0. The van der Waals surface area contributed by atoms with E-state index in [0.717, 1.165) is 35.3 Å². The number of benzene rings is 1. The van der Waals surface area contributed by atoms with E-state index in [1.807, 2.05) is 12.1 Å². The molecule has 0 atom stereocenters. The summed E-state index contributed by atoms with van der Waals surface area (Å²) in [7, 11) is 0. The quantitative estimate of drug-likeness (QED) is 0.720. The van der Waals surface area contributed by atoms with Gasteiger partial charge in [0.1, 0.15) is 0 Å². The van der Waals surface area contributed by atoms with Crippen LogP contribution in [0.2, 0.25) is 5.02 Å². The van der Waals surface area contributed by atoms with Crippen molar-refractivity contribution in [2.75, 3.05) is 18.0 Å². The molecule has 1 heterocycles. The van der Waals surface area contributed by atoms with E-state index < -0.39 is 0 Å². The van der Waals surface area contributed by atoms with Gasteiger partial charge in [-0.15, -0.1) is 11.6 Å². The zero-order valence-corrected chi connectivity index (χ0v) is 11.8. The van der Waals surface area contributed by atoms with Crippen molar-refractivity contribution in [2.24, 2.45) is 5.92 Å². The highest BCUT2D eigenvalue weighted by atomic mass is 35.5. The summed E-state index contributed by atoms with van der Waals surface area (Å²) in [5.41, 5.74) is 2.30. The van der Waals surface area contributed by atoms with Gasteiger partial charge in [-0.25, -0.2) is 0 Å². The number of anilines is 1. The minimum atomic E-state index is 0.531. The van der Waals surface area contributed by atoms with E-state index in [0.29, 0.717) is 5.88 Å². The molecule has 0 N–H and O–H groups in total. The molecule has 1 fully saturated rings. The summed E-state index contributed by atoms with van der Waals surface area (Å²) in [4.78, 5) is 2.40. The third-order valence-corrected chi connectivity index (χ3v) is 4.32. The van der Waals surface area contributed by atoms with Gasteiger partial charge in [0.25, 0.3) is 0 Å². The maximum atomic E-state index is 6.31. The lowest BCUT2D eigenvalue weighted by molar-refractivity contribution is 0.395. The molecule has 0 bridgehead atoms. The van der Waals surface area contributed by atoms with Crippen molar-refractivity contribution in [1.82, 2.24) is 0 Å². The SMILES string of the molecule is CCC1CCN(c2c(Cl)cccc2CCl)CC1. The second kappa shape index (κ2) is 5.97. The third kappa shape index (κ3) is 2.89. The highest BCUT2D eigenvalue weighted by molar-refractivity contribution is 6.33. The Bertz CT molecular complexity index is 370. The Morgan fingerprint density at radius 3 is 2.59 bits per heavy atom. The molecule has 0 aliphatic carbocycles.